The van der Waals surface area contributed by atoms with Crippen LogP contribution < -0.4 is 9.47 Å². The van der Waals surface area contributed by atoms with Crippen molar-refractivity contribution in [3.05, 3.63) is 89.1 Å². The van der Waals surface area contributed by atoms with E-state index < -0.39 is 5.97 Å². The number of fused-ring (bicyclic) bond motifs is 1. The fourth-order valence-electron chi connectivity index (χ4n) is 3.31. The van der Waals surface area contributed by atoms with Gasteiger partial charge in [-0.2, -0.15) is 0 Å². The quantitative estimate of drug-likeness (QED) is 0.268. The van der Waals surface area contributed by atoms with Gasteiger partial charge < -0.3 is 14.2 Å². The molecule has 6 heteroatoms. The Morgan fingerprint density at radius 2 is 1.94 bits per heavy atom. The number of esters is 1. The van der Waals surface area contributed by atoms with Crippen LogP contribution in [0.1, 0.15) is 18.1 Å². The van der Waals surface area contributed by atoms with Gasteiger partial charge in [0.25, 0.3) is 0 Å². The molecule has 0 unspecified atom stereocenters. The van der Waals surface area contributed by atoms with Gasteiger partial charge in [-0.3, -0.25) is 0 Å². The number of benzene rings is 3. The predicted molar refractivity (Wildman–Crippen MR) is 123 cm³/mol. The van der Waals surface area contributed by atoms with Crippen molar-refractivity contribution in [3.8, 4) is 11.5 Å². The Morgan fingerprint density at radius 1 is 1.13 bits per heavy atom. The Labute approximate surface area is 185 Å². The highest BCUT2D eigenvalue weighted by Gasteiger charge is 2.25. The molecule has 1 heterocycles. The maximum Gasteiger partial charge on any atom is 0.363 e. The molecule has 0 amide bonds. The number of aliphatic imine (C=N–C) groups is 1. The van der Waals surface area contributed by atoms with E-state index in [0.717, 1.165) is 16.3 Å². The number of ether oxygens (including phenoxy) is 3. The maximum absolute atomic E-state index is 12.5. The van der Waals surface area contributed by atoms with Crippen molar-refractivity contribution < 1.29 is 19.0 Å². The van der Waals surface area contributed by atoms with E-state index in [1.54, 1.807) is 24.3 Å². The van der Waals surface area contributed by atoms with Crippen molar-refractivity contribution in [1.29, 1.82) is 0 Å². The molecule has 0 radical (unpaired) electrons. The van der Waals surface area contributed by atoms with E-state index in [9.17, 15) is 4.79 Å². The molecular formula is C25H20ClNO4. The van der Waals surface area contributed by atoms with Crippen LogP contribution in [0.3, 0.4) is 0 Å². The molecular weight excluding hydrogens is 414 g/mol. The Morgan fingerprint density at radius 3 is 2.74 bits per heavy atom. The normalized spacial score (nSPS) is 14.5. The zero-order valence-corrected chi connectivity index (χ0v) is 17.7. The number of cyclic esters (lactones) is 1. The van der Waals surface area contributed by atoms with Crippen molar-refractivity contribution >= 4 is 40.3 Å². The summed E-state index contributed by atoms with van der Waals surface area (Å²) in [5.74, 6) is 0.659. The smallest absolute Gasteiger partial charge is 0.363 e. The second kappa shape index (κ2) is 9.06. The minimum atomic E-state index is -0.524. The Hall–Kier alpha value is -3.57. The van der Waals surface area contributed by atoms with E-state index in [1.165, 1.54) is 0 Å². The second-order valence-corrected chi connectivity index (χ2v) is 7.13. The molecule has 0 aliphatic carbocycles. The minimum Gasteiger partial charge on any atom is -0.490 e. The lowest BCUT2D eigenvalue weighted by Gasteiger charge is -2.13. The highest BCUT2D eigenvalue weighted by Crippen LogP contribution is 2.37. The standard InChI is InChI=1S/C25H20ClNO4/c1-3-12-30-23-20(26)13-16(15-22(23)29-4-2)14-21-25(28)31-24(27-21)19-11-7-9-17-8-5-6-10-18(17)19/h3,5-11,13-15H,1,4,12H2,2H3/b21-14-. The molecule has 5 nitrogen and oxygen atoms in total. The van der Waals surface area contributed by atoms with Crippen LogP contribution in [0.2, 0.25) is 5.02 Å². The first kappa shape index (κ1) is 20.7. The summed E-state index contributed by atoms with van der Waals surface area (Å²) in [4.78, 5) is 16.9. The first-order valence-corrected chi connectivity index (χ1v) is 10.2. The number of nitrogens with zero attached hydrogens (tertiary/aromatic N) is 1. The van der Waals surface area contributed by atoms with Gasteiger partial charge in [0.15, 0.2) is 17.2 Å². The van der Waals surface area contributed by atoms with Crippen LogP contribution in [0.4, 0.5) is 0 Å². The zero-order valence-electron chi connectivity index (χ0n) is 16.9. The lowest BCUT2D eigenvalue weighted by Crippen LogP contribution is -2.06. The predicted octanol–water partition coefficient (Wildman–Crippen LogP) is 5.80. The van der Waals surface area contributed by atoms with Crippen LogP contribution in [0.25, 0.3) is 16.8 Å². The van der Waals surface area contributed by atoms with Gasteiger partial charge in [0.05, 0.1) is 11.6 Å². The van der Waals surface area contributed by atoms with Crippen molar-refractivity contribution in [2.75, 3.05) is 13.2 Å². The fraction of sp³-hybridized carbons (Fsp3) is 0.120. The minimum absolute atomic E-state index is 0.182. The molecule has 31 heavy (non-hydrogen) atoms. The van der Waals surface area contributed by atoms with Crippen molar-refractivity contribution in [3.63, 3.8) is 0 Å². The number of halogens is 1. The van der Waals surface area contributed by atoms with E-state index in [1.807, 2.05) is 49.4 Å². The van der Waals surface area contributed by atoms with Crippen LogP contribution >= 0.6 is 11.6 Å². The SMILES string of the molecule is C=CCOc1c(Cl)cc(/C=C2\N=C(c3cccc4ccccc34)OC2=O)cc1OCC. The number of carbonyl (C=O) groups is 1. The third-order valence-electron chi connectivity index (χ3n) is 4.62. The molecule has 0 saturated heterocycles. The van der Waals surface area contributed by atoms with Gasteiger partial charge in [0, 0.05) is 5.56 Å². The van der Waals surface area contributed by atoms with Gasteiger partial charge >= 0.3 is 5.97 Å². The molecule has 0 aromatic heterocycles. The number of hydrogen-bond acceptors (Lipinski definition) is 5. The van der Waals surface area contributed by atoms with E-state index in [2.05, 4.69) is 11.6 Å². The van der Waals surface area contributed by atoms with Gasteiger partial charge in [0.1, 0.15) is 6.61 Å². The summed E-state index contributed by atoms with van der Waals surface area (Å²) in [7, 11) is 0. The maximum atomic E-state index is 12.5. The summed E-state index contributed by atoms with van der Waals surface area (Å²) in [5.41, 5.74) is 1.59. The van der Waals surface area contributed by atoms with E-state index in [0.29, 0.717) is 35.3 Å². The largest absolute Gasteiger partial charge is 0.490 e. The average Bonchev–Trinajstić information content (AvgIpc) is 3.13. The molecule has 156 valence electrons. The molecule has 0 saturated carbocycles. The number of rotatable bonds is 7. The molecule has 0 fully saturated rings. The van der Waals surface area contributed by atoms with Crippen LogP contribution in [0, 0.1) is 0 Å². The van der Waals surface area contributed by atoms with Crippen LogP contribution in [0.15, 0.2) is 77.9 Å². The Balaban J connectivity index is 1.72. The highest BCUT2D eigenvalue weighted by molar-refractivity contribution is 6.32. The molecule has 3 aromatic rings. The van der Waals surface area contributed by atoms with Gasteiger partial charge in [-0.15, -0.1) is 0 Å². The summed E-state index contributed by atoms with van der Waals surface area (Å²) < 4.78 is 16.7. The topological polar surface area (TPSA) is 57.1 Å². The molecule has 0 bridgehead atoms. The summed E-state index contributed by atoms with van der Waals surface area (Å²) in [5, 5.41) is 2.37. The molecule has 0 atom stereocenters. The van der Waals surface area contributed by atoms with E-state index in [4.69, 9.17) is 25.8 Å². The van der Waals surface area contributed by atoms with Gasteiger partial charge in [-0.05, 0) is 47.5 Å². The molecule has 3 aromatic carbocycles. The summed E-state index contributed by atoms with van der Waals surface area (Å²) >= 11 is 6.40. The first-order valence-electron chi connectivity index (χ1n) is 9.81. The third kappa shape index (κ3) is 4.32. The van der Waals surface area contributed by atoms with Gasteiger partial charge in [0.2, 0.25) is 5.90 Å². The highest BCUT2D eigenvalue weighted by atomic mass is 35.5. The van der Waals surface area contributed by atoms with Crippen LogP contribution in [-0.2, 0) is 9.53 Å². The molecule has 4 rings (SSSR count). The first-order chi connectivity index (χ1) is 15.1. The monoisotopic (exact) mass is 433 g/mol. The third-order valence-corrected chi connectivity index (χ3v) is 4.90. The fourth-order valence-corrected chi connectivity index (χ4v) is 3.58. The lowest BCUT2D eigenvalue weighted by molar-refractivity contribution is -0.129. The summed E-state index contributed by atoms with van der Waals surface area (Å²) in [6, 6.07) is 17.1. The van der Waals surface area contributed by atoms with Crippen molar-refractivity contribution in [1.82, 2.24) is 0 Å². The van der Waals surface area contributed by atoms with E-state index >= 15 is 0 Å². The molecule has 0 N–H and O–H groups in total. The Bertz CT molecular complexity index is 1220. The van der Waals surface area contributed by atoms with Gasteiger partial charge in [-0.25, -0.2) is 9.79 Å². The van der Waals surface area contributed by atoms with Crippen molar-refractivity contribution in [2.45, 2.75) is 6.92 Å². The summed E-state index contributed by atoms with van der Waals surface area (Å²) in [6.07, 6.45) is 3.24. The average molecular weight is 434 g/mol. The second-order valence-electron chi connectivity index (χ2n) is 6.73. The zero-order chi connectivity index (χ0) is 21.8. The molecule has 1 aliphatic heterocycles. The molecule has 1 aliphatic rings. The Kier molecular flexibility index (Phi) is 6.05. The molecule has 0 spiro atoms. The van der Waals surface area contributed by atoms with Crippen LogP contribution in [0.5, 0.6) is 11.5 Å². The van der Waals surface area contributed by atoms with Crippen molar-refractivity contribution in [2.24, 2.45) is 4.99 Å². The van der Waals surface area contributed by atoms with Gasteiger partial charge in [-0.1, -0.05) is 60.7 Å². The number of hydrogen-bond donors (Lipinski definition) is 0. The number of carbonyl (C=O) groups excluding carboxylic acids is 1. The lowest BCUT2D eigenvalue weighted by atomic mass is 10.0. The van der Waals surface area contributed by atoms with Crippen LogP contribution in [-0.4, -0.2) is 25.1 Å². The van der Waals surface area contributed by atoms with E-state index in [-0.39, 0.29) is 11.6 Å². The summed E-state index contributed by atoms with van der Waals surface area (Å²) in [6.45, 7) is 6.24.